The number of rotatable bonds is 6. The molecule has 1 aromatic carbocycles. The summed E-state index contributed by atoms with van der Waals surface area (Å²) >= 11 is 0. The van der Waals surface area contributed by atoms with Gasteiger partial charge in [0.15, 0.2) is 0 Å². The molecule has 0 saturated carbocycles. The van der Waals surface area contributed by atoms with Crippen LogP contribution in [0.1, 0.15) is 47.7 Å². The predicted molar refractivity (Wildman–Crippen MR) is 132 cm³/mol. The average Bonchev–Trinajstić information content (AvgIpc) is 3.18. The van der Waals surface area contributed by atoms with Crippen molar-refractivity contribution in [2.45, 2.75) is 32.6 Å². The van der Waals surface area contributed by atoms with E-state index >= 15 is 0 Å². The van der Waals surface area contributed by atoms with Gasteiger partial charge in [-0.25, -0.2) is 4.98 Å². The summed E-state index contributed by atoms with van der Waals surface area (Å²) in [6.45, 7) is 3.58. The number of pyridine rings is 1. The van der Waals surface area contributed by atoms with E-state index in [2.05, 4.69) is 22.2 Å². The largest absolute Gasteiger partial charge is 0.381 e. The SMILES string of the molecule is CCCc1ccnc(NC(=O)c2ccc(C3=NC(C4CCOCC4)=C4C=NC=C[N+]34N)cc2)c1. The minimum Gasteiger partial charge on any atom is -0.381 e. The fraction of sp³-hybridized carbons (Fsp3) is 0.308. The van der Waals surface area contributed by atoms with E-state index < -0.39 is 0 Å². The van der Waals surface area contributed by atoms with Gasteiger partial charge in [0.2, 0.25) is 5.70 Å². The monoisotopic (exact) mass is 457 g/mol. The molecule has 0 bridgehead atoms. The van der Waals surface area contributed by atoms with E-state index in [4.69, 9.17) is 15.6 Å². The number of amidine groups is 1. The molecule has 5 rings (SSSR count). The van der Waals surface area contributed by atoms with Crippen LogP contribution in [0.4, 0.5) is 5.82 Å². The Morgan fingerprint density at radius 1 is 1.21 bits per heavy atom. The van der Waals surface area contributed by atoms with Gasteiger partial charge < -0.3 is 10.1 Å². The highest BCUT2D eigenvalue weighted by molar-refractivity contribution is 6.05. The van der Waals surface area contributed by atoms with Crippen LogP contribution in [-0.4, -0.2) is 40.7 Å². The fourth-order valence-electron chi connectivity index (χ4n) is 4.62. The van der Waals surface area contributed by atoms with Crippen molar-refractivity contribution in [2.75, 3.05) is 18.5 Å². The number of hydrogen-bond acceptors (Lipinski definition) is 6. The van der Waals surface area contributed by atoms with Gasteiger partial charge in [-0.05, 0) is 61.2 Å². The topological polar surface area (TPSA) is 102 Å². The number of quaternary nitrogens is 1. The number of nitrogens with zero attached hydrogens (tertiary/aromatic N) is 4. The number of benzene rings is 1. The number of carbonyl (C=O) groups is 1. The molecule has 3 aliphatic rings. The van der Waals surface area contributed by atoms with E-state index in [0.717, 1.165) is 67.3 Å². The van der Waals surface area contributed by atoms with Crippen molar-refractivity contribution >= 4 is 23.8 Å². The van der Waals surface area contributed by atoms with Crippen molar-refractivity contribution < 1.29 is 14.1 Å². The summed E-state index contributed by atoms with van der Waals surface area (Å²) in [6, 6.07) is 11.3. The predicted octanol–water partition coefficient (Wildman–Crippen LogP) is 3.93. The zero-order chi connectivity index (χ0) is 23.5. The first-order valence-electron chi connectivity index (χ1n) is 11.7. The highest BCUT2D eigenvalue weighted by Crippen LogP contribution is 2.37. The van der Waals surface area contributed by atoms with Gasteiger partial charge in [0.25, 0.3) is 11.7 Å². The number of carbonyl (C=O) groups excluding carboxylic acids is 1. The van der Waals surface area contributed by atoms with E-state index in [1.165, 1.54) is 0 Å². The minimum atomic E-state index is -0.204. The molecule has 0 spiro atoms. The zero-order valence-corrected chi connectivity index (χ0v) is 19.3. The number of anilines is 1. The van der Waals surface area contributed by atoms with Crippen LogP contribution in [0.5, 0.6) is 0 Å². The summed E-state index contributed by atoms with van der Waals surface area (Å²) in [5.41, 5.74) is 4.43. The van der Waals surface area contributed by atoms with Crippen LogP contribution >= 0.6 is 0 Å². The van der Waals surface area contributed by atoms with Crippen LogP contribution in [0.2, 0.25) is 0 Å². The standard InChI is InChI=1S/C26H28N6O2/c1-2-3-18-8-11-29-23(16-18)30-26(33)21-6-4-20(5-7-21)25-31-24(19-9-14-34-15-10-19)22-17-28-12-13-32(22,25)27/h4-8,11-13,16-17,19H,2-3,9-10,14-15,27H2,1H3/p+1. The van der Waals surface area contributed by atoms with Crippen LogP contribution in [0, 0.1) is 5.92 Å². The third-order valence-corrected chi connectivity index (χ3v) is 6.44. The van der Waals surface area contributed by atoms with Gasteiger partial charge in [-0.15, -0.1) is 4.59 Å². The van der Waals surface area contributed by atoms with E-state index in [0.29, 0.717) is 17.3 Å². The Morgan fingerprint density at radius 2 is 2.00 bits per heavy atom. The lowest BCUT2D eigenvalue weighted by Gasteiger charge is -2.27. The normalized spacial score (nSPS) is 22.0. The van der Waals surface area contributed by atoms with Gasteiger partial charge in [-0.3, -0.25) is 9.79 Å². The second-order valence-electron chi connectivity index (χ2n) is 8.78. The number of aliphatic imine (C=N–C) groups is 2. The van der Waals surface area contributed by atoms with Gasteiger partial charge in [-0.2, -0.15) is 10.8 Å². The molecular formula is C26H29N6O2+. The van der Waals surface area contributed by atoms with Crippen molar-refractivity contribution in [2.24, 2.45) is 21.7 Å². The maximum absolute atomic E-state index is 12.8. The van der Waals surface area contributed by atoms with Gasteiger partial charge in [-0.1, -0.05) is 13.3 Å². The molecule has 3 aliphatic heterocycles. The van der Waals surface area contributed by atoms with Crippen LogP contribution in [0.3, 0.4) is 0 Å². The number of amides is 1. The molecule has 1 aromatic heterocycles. The number of ether oxygens (including phenoxy) is 1. The molecule has 3 N–H and O–H groups in total. The first-order valence-corrected chi connectivity index (χ1v) is 11.7. The Labute approximate surface area is 199 Å². The molecule has 34 heavy (non-hydrogen) atoms. The first-order chi connectivity index (χ1) is 16.6. The van der Waals surface area contributed by atoms with Crippen molar-refractivity contribution in [1.29, 1.82) is 0 Å². The van der Waals surface area contributed by atoms with Crippen molar-refractivity contribution in [1.82, 2.24) is 4.98 Å². The average molecular weight is 458 g/mol. The van der Waals surface area contributed by atoms with Crippen molar-refractivity contribution in [3.63, 3.8) is 0 Å². The molecule has 1 fully saturated rings. The molecule has 8 heteroatoms. The summed E-state index contributed by atoms with van der Waals surface area (Å²) < 4.78 is 5.51. The Morgan fingerprint density at radius 3 is 2.76 bits per heavy atom. The third-order valence-electron chi connectivity index (χ3n) is 6.44. The molecule has 2 aromatic rings. The molecule has 0 aliphatic carbocycles. The lowest BCUT2D eigenvalue weighted by atomic mass is 9.95. The molecule has 1 atom stereocenters. The number of nitrogens with one attached hydrogen (secondary N) is 1. The number of nitrogens with two attached hydrogens (primary N) is 1. The third kappa shape index (κ3) is 4.23. The van der Waals surface area contributed by atoms with Crippen molar-refractivity contribution in [3.05, 3.63) is 83.1 Å². The van der Waals surface area contributed by atoms with Gasteiger partial charge >= 0.3 is 0 Å². The van der Waals surface area contributed by atoms with E-state index in [-0.39, 0.29) is 10.5 Å². The van der Waals surface area contributed by atoms with E-state index in [9.17, 15) is 4.79 Å². The zero-order valence-electron chi connectivity index (χ0n) is 19.3. The molecule has 1 saturated heterocycles. The van der Waals surface area contributed by atoms with Gasteiger partial charge in [0.1, 0.15) is 17.7 Å². The molecule has 1 amide bonds. The highest BCUT2D eigenvalue weighted by atomic mass is 16.5. The molecule has 1 unspecified atom stereocenters. The summed E-state index contributed by atoms with van der Waals surface area (Å²) in [4.78, 5) is 26.4. The van der Waals surface area contributed by atoms with Crippen LogP contribution in [0.15, 0.2) is 76.4 Å². The van der Waals surface area contributed by atoms with E-state index in [1.54, 1.807) is 24.5 Å². The number of allylic oxidation sites excluding steroid dienone is 2. The molecule has 174 valence electrons. The Hall–Kier alpha value is -3.46. The molecular weight excluding hydrogens is 428 g/mol. The van der Waals surface area contributed by atoms with Crippen molar-refractivity contribution in [3.8, 4) is 0 Å². The maximum atomic E-state index is 12.8. The first kappa shape index (κ1) is 22.3. The second-order valence-corrected chi connectivity index (χ2v) is 8.78. The van der Waals surface area contributed by atoms with Gasteiger partial charge in [0.05, 0.1) is 18.0 Å². The summed E-state index contributed by atoms with van der Waals surface area (Å²) in [5, 5.41) is 2.89. The number of aryl methyl sites for hydroxylation is 1. The molecule has 8 nitrogen and oxygen atoms in total. The lowest BCUT2D eigenvalue weighted by molar-refractivity contribution is -0.750. The quantitative estimate of drug-likeness (QED) is 0.507. The van der Waals surface area contributed by atoms with Crippen LogP contribution in [0.25, 0.3) is 0 Å². The lowest BCUT2D eigenvalue weighted by Crippen LogP contribution is -2.53. The van der Waals surface area contributed by atoms with Gasteiger partial charge in [0, 0.05) is 30.9 Å². The Bertz CT molecular complexity index is 1210. The van der Waals surface area contributed by atoms with E-state index in [1.807, 2.05) is 36.7 Å². The molecule has 0 radical (unpaired) electrons. The second kappa shape index (κ2) is 9.42. The number of aromatic nitrogens is 1. The smallest absolute Gasteiger partial charge is 0.264 e. The number of fused-ring (bicyclic) bond motifs is 1. The Balaban J connectivity index is 1.37. The summed E-state index contributed by atoms with van der Waals surface area (Å²) in [5.74, 6) is 8.19. The van der Waals surface area contributed by atoms with Crippen LogP contribution in [-0.2, 0) is 11.2 Å². The minimum absolute atomic E-state index is 0.0180. The summed E-state index contributed by atoms with van der Waals surface area (Å²) in [7, 11) is 0. The molecule has 4 heterocycles. The van der Waals surface area contributed by atoms with Crippen LogP contribution < -0.4 is 11.2 Å². The fourth-order valence-corrected chi connectivity index (χ4v) is 4.62. The highest BCUT2D eigenvalue weighted by Gasteiger charge is 2.45. The maximum Gasteiger partial charge on any atom is 0.264 e. The number of hydrogen-bond donors (Lipinski definition) is 2. The summed E-state index contributed by atoms with van der Waals surface area (Å²) in [6.07, 6.45) is 10.9. The Kier molecular flexibility index (Phi) is 6.19.